The maximum Gasteiger partial charge on any atom is 0.0696 e. The molecule has 2 nitrogen and oxygen atoms in total. The second kappa shape index (κ2) is 3.73. The van der Waals surface area contributed by atoms with Crippen molar-refractivity contribution in [2.75, 3.05) is 0 Å². The summed E-state index contributed by atoms with van der Waals surface area (Å²) < 4.78 is 2.26. The van der Waals surface area contributed by atoms with E-state index in [1.165, 1.54) is 27.4 Å². The van der Waals surface area contributed by atoms with Crippen LogP contribution in [0, 0.1) is 0 Å². The van der Waals surface area contributed by atoms with Crippen LogP contribution in [0.4, 0.5) is 5.69 Å². The van der Waals surface area contributed by atoms with Gasteiger partial charge in [-0.15, -0.1) is 0 Å². The molecule has 0 saturated carbocycles. The summed E-state index contributed by atoms with van der Waals surface area (Å²) in [5.41, 5.74) is 6.14. The van der Waals surface area contributed by atoms with Gasteiger partial charge in [-0.2, -0.15) is 0 Å². The predicted molar refractivity (Wildman–Crippen MR) is 88.5 cm³/mol. The van der Waals surface area contributed by atoms with E-state index < -0.39 is 0 Å². The Balaban J connectivity index is 1.90. The third kappa shape index (κ3) is 1.34. The molecule has 0 saturated heterocycles. The highest BCUT2D eigenvalue weighted by atomic mass is 14.9. The molecular weight excluding hydrogens is 256 g/mol. The van der Waals surface area contributed by atoms with Crippen LogP contribution in [0.15, 0.2) is 65.7 Å². The molecule has 2 aromatic carbocycles. The highest BCUT2D eigenvalue weighted by molar-refractivity contribution is 6.13. The molecule has 3 aromatic rings. The zero-order chi connectivity index (χ0) is 14.0. The summed E-state index contributed by atoms with van der Waals surface area (Å²) in [7, 11) is 2.13. The molecule has 2 heteroatoms. The second-order valence-corrected chi connectivity index (χ2v) is 5.76. The summed E-state index contributed by atoms with van der Waals surface area (Å²) in [5, 5.41) is 2.65. The lowest BCUT2D eigenvalue weighted by Gasteiger charge is -2.10. The number of allylic oxidation sites excluding steroid dienone is 4. The van der Waals surface area contributed by atoms with E-state index in [0.29, 0.717) is 5.92 Å². The Morgan fingerprint density at radius 2 is 1.90 bits per heavy atom. The fourth-order valence-electron chi connectivity index (χ4n) is 3.60. The van der Waals surface area contributed by atoms with E-state index in [-0.39, 0.29) is 0 Å². The molecule has 1 atom stereocenters. The van der Waals surface area contributed by atoms with Crippen LogP contribution in [0.1, 0.15) is 11.5 Å². The van der Waals surface area contributed by atoms with Gasteiger partial charge in [0, 0.05) is 29.3 Å². The van der Waals surface area contributed by atoms with Crippen molar-refractivity contribution in [3.8, 4) is 0 Å². The van der Waals surface area contributed by atoms with Crippen molar-refractivity contribution < 1.29 is 0 Å². The van der Waals surface area contributed by atoms with Crippen molar-refractivity contribution in [3.63, 3.8) is 0 Å². The van der Waals surface area contributed by atoms with Gasteiger partial charge in [-0.05, 0) is 29.8 Å². The van der Waals surface area contributed by atoms with Crippen LogP contribution >= 0.6 is 0 Å². The van der Waals surface area contributed by atoms with E-state index in [0.717, 1.165) is 11.4 Å². The number of fused-ring (bicyclic) bond motifs is 6. The molecule has 0 fully saturated rings. The van der Waals surface area contributed by atoms with E-state index in [9.17, 15) is 0 Å². The molecular formula is C19H14N2. The maximum absolute atomic E-state index is 4.80. The Labute approximate surface area is 122 Å². The van der Waals surface area contributed by atoms with Crippen molar-refractivity contribution in [2.45, 2.75) is 5.92 Å². The molecule has 21 heavy (non-hydrogen) atoms. The number of benzene rings is 2. The first-order chi connectivity index (χ1) is 10.3. The first-order valence-corrected chi connectivity index (χ1v) is 7.27. The van der Waals surface area contributed by atoms with Gasteiger partial charge in [0.2, 0.25) is 0 Å². The van der Waals surface area contributed by atoms with Crippen LogP contribution in [0.5, 0.6) is 0 Å². The van der Waals surface area contributed by atoms with Gasteiger partial charge >= 0.3 is 0 Å². The second-order valence-electron chi connectivity index (χ2n) is 5.76. The van der Waals surface area contributed by atoms with Gasteiger partial charge in [0.15, 0.2) is 0 Å². The molecule has 0 amide bonds. The number of aliphatic imine (C=N–C) groups is 1. The van der Waals surface area contributed by atoms with Gasteiger partial charge in [-0.1, -0.05) is 36.4 Å². The molecule has 1 unspecified atom stereocenters. The van der Waals surface area contributed by atoms with Gasteiger partial charge in [0.25, 0.3) is 0 Å². The Morgan fingerprint density at radius 3 is 2.86 bits per heavy atom. The summed E-state index contributed by atoms with van der Waals surface area (Å²) in [6.07, 6.45) is 8.54. The molecule has 1 aliphatic heterocycles. The van der Waals surface area contributed by atoms with Crippen molar-refractivity contribution in [3.05, 3.63) is 66.3 Å². The van der Waals surface area contributed by atoms with Gasteiger partial charge < -0.3 is 4.57 Å². The molecule has 100 valence electrons. The molecule has 1 aromatic heterocycles. The van der Waals surface area contributed by atoms with Crippen LogP contribution in [-0.4, -0.2) is 10.3 Å². The summed E-state index contributed by atoms with van der Waals surface area (Å²) in [5.74, 6) is 0.327. The van der Waals surface area contributed by atoms with Crippen molar-refractivity contribution in [1.82, 2.24) is 4.57 Å². The monoisotopic (exact) mass is 270 g/mol. The average molecular weight is 270 g/mol. The van der Waals surface area contributed by atoms with E-state index in [2.05, 4.69) is 72.3 Å². The van der Waals surface area contributed by atoms with Crippen LogP contribution in [-0.2, 0) is 7.05 Å². The van der Waals surface area contributed by atoms with Crippen LogP contribution in [0.25, 0.3) is 21.8 Å². The topological polar surface area (TPSA) is 17.3 Å². The lowest BCUT2D eigenvalue weighted by atomic mass is 9.91. The number of nitrogens with zero attached hydrogens (tertiary/aromatic N) is 2. The number of para-hydroxylation sites is 1. The number of rotatable bonds is 0. The first kappa shape index (κ1) is 11.1. The van der Waals surface area contributed by atoms with Gasteiger partial charge in [-0.3, -0.25) is 4.99 Å². The summed E-state index contributed by atoms with van der Waals surface area (Å²) in [4.78, 5) is 4.80. The van der Waals surface area contributed by atoms with Gasteiger partial charge in [0.1, 0.15) is 0 Å². The molecule has 1 aliphatic carbocycles. The quantitative estimate of drug-likeness (QED) is 0.567. The third-order valence-corrected chi connectivity index (χ3v) is 4.65. The van der Waals surface area contributed by atoms with E-state index in [1.807, 2.05) is 0 Å². The fraction of sp³-hybridized carbons (Fsp3) is 0.105. The van der Waals surface area contributed by atoms with Crippen molar-refractivity contribution >= 4 is 33.2 Å². The molecule has 2 heterocycles. The minimum absolute atomic E-state index is 0.327. The van der Waals surface area contributed by atoms with Crippen LogP contribution in [0.2, 0.25) is 0 Å². The smallest absolute Gasteiger partial charge is 0.0696 e. The average Bonchev–Trinajstić information content (AvgIpc) is 3.02. The lowest BCUT2D eigenvalue weighted by Crippen LogP contribution is -2.04. The van der Waals surface area contributed by atoms with Crippen molar-refractivity contribution in [2.24, 2.45) is 12.0 Å². The Hall–Kier alpha value is -2.61. The van der Waals surface area contributed by atoms with Crippen LogP contribution < -0.4 is 0 Å². The summed E-state index contributed by atoms with van der Waals surface area (Å²) in [6, 6.07) is 13.2. The largest absolute Gasteiger partial charge is 0.344 e. The van der Waals surface area contributed by atoms with Gasteiger partial charge in [0.05, 0.1) is 16.9 Å². The third-order valence-electron chi connectivity index (χ3n) is 4.65. The first-order valence-electron chi connectivity index (χ1n) is 7.27. The zero-order valence-corrected chi connectivity index (χ0v) is 11.7. The highest BCUT2D eigenvalue weighted by Gasteiger charge is 2.26. The van der Waals surface area contributed by atoms with E-state index >= 15 is 0 Å². The summed E-state index contributed by atoms with van der Waals surface area (Å²) >= 11 is 0. The Bertz CT molecular complexity index is 999. The minimum atomic E-state index is 0.327. The summed E-state index contributed by atoms with van der Waals surface area (Å²) in [6.45, 7) is 0. The number of hydrogen-bond donors (Lipinski definition) is 0. The lowest BCUT2D eigenvalue weighted by molar-refractivity contribution is 1.01. The maximum atomic E-state index is 4.80. The molecule has 0 radical (unpaired) electrons. The molecule has 2 aliphatic rings. The number of aryl methyl sites for hydroxylation is 1. The molecule has 0 spiro atoms. The van der Waals surface area contributed by atoms with E-state index in [1.54, 1.807) is 0 Å². The Morgan fingerprint density at radius 1 is 1.00 bits per heavy atom. The molecule has 0 N–H and O–H groups in total. The normalized spacial score (nSPS) is 19.1. The Kier molecular flexibility index (Phi) is 1.97. The fourth-order valence-corrected chi connectivity index (χ4v) is 3.60. The van der Waals surface area contributed by atoms with Gasteiger partial charge in [-0.25, -0.2) is 0 Å². The zero-order valence-electron chi connectivity index (χ0n) is 11.7. The van der Waals surface area contributed by atoms with Crippen LogP contribution in [0.3, 0.4) is 0 Å². The highest BCUT2D eigenvalue weighted by Crippen LogP contribution is 2.42. The SMILES string of the molecule is Cn1c2ccccc2c2cc3c(cc21)N=C1C=CC=CC13. The standard InChI is InChI=1S/C19H14N2/c1-21-18-9-5-3-7-13(18)15-10-14-12-6-2-4-8-16(12)20-17(14)11-19(15)21/h2-12H,1H3. The predicted octanol–water partition coefficient (Wildman–Crippen LogP) is 4.63. The number of hydrogen-bond acceptors (Lipinski definition) is 1. The molecule has 5 rings (SSSR count). The van der Waals surface area contributed by atoms with E-state index in [4.69, 9.17) is 4.99 Å². The minimum Gasteiger partial charge on any atom is -0.344 e. The number of aromatic nitrogens is 1. The molecule has 0 bridgehead atoms. The van der Waals surface area contributed by atoms with Crippen molar-refractivity contribution in [1.29, 1.82) is 0 Å².